The van der Waals surface area contributed by atoms with Crippen LogP contribution in [0.1, 0.15) is 38.2 Å². The van der Waals surface area contributed by atoms with Gasteiger partial charge in [0.15, 0.2) is 0 Å². The molecule has 1 aromatic rings. The first-order valence-corrected chi connectivity index (χ1v) is 8.23. The minimum atomic E-state index is -0.756. The van der Waals surface area contributed by atoms with Gasteiger partial charge in [0, 0.05) is 31.5 Å². The molecule has 1 aliphatic rings. The maximum atomic E-state index is 12.2. The Morgan fingerprint density at radius 3 is 2.78 bits per heavy atom. The average Bonchev–Trinajstić information content (AvgIpc) is 2.56. The van der Waals surface area contributed by atoms with Crippen molar-refractivity contribution in [2.45, 2.75) is 45.1 Å². The molecule has 2 N–H and O–H groups in total. The highest BCUT2D eigenvalue weighted by atomic mass is 16.4. The van der Waals surface area contributed by atoms with Gasteiger partial charge in [-0.05, 0) is 50.7 Å². The molecule has 2 heterocycles. The van der Waals surface area contributed by atoms with E-state index in [9.17, 15) is 9.59 Å². The summed E-state index contributed by atoms with van der Waals surface area (Å²) in [5, 5.41) is 12.0. The third kappa shape index (κ3) is 5.54. The Balaban J connectivity index is 1.66. The molecule has 6 heteroatoms. The molecule has 1 aromatic heterocycles. The molecule has 0 saturated carbocycles. The number of hydrogen-bond acceptors (Lipinski definition) is 3. The van der Waals surface area contributed by atoms with Gasteiger partial charge in [-0.15, -0.1) is 0 Å². The van der Waals surface area contributed by atoms with Crippen LogP contribution in [-0.2, 0) is 11.2 Å². The monoisotopic (exact) mass is 319 g/mol. The molecule has 0 bridgehead atoms. The van der Waals surface area contributed by atoms with Gasteiger partial charge in [-0.2, -0.15) is 0 Å². The van der Waals surface area contributed by atoms with Gasteiger partial charge in [0.05, 0.1) is 5.92 Å². The highest BCUT2D eigenvalue weighted by Gasteiger charge is 2.27. The van der Waals surface area contributed by atoms with E-state index in [2.05, 4.69) is 16.4 Å². The number of nitrogens with zero attached hydrogens (tertiary/aromatic N) is 2. The van der Waals surface area contributed by atoms with Crippen LogP contribution in [0.2, 0.25) is 0 Å². The molecule has 2 rings (SSSR count). The molecule has 1 saturated heterocycles. The second-order valence-electron chi connectivity index (χ2n) is 6.20. The summed E-state index contributed by atoms with van der Waals surface area (Å²) in [6.45, 7) is 3.04. The van der Waals surface area contributed by atoms with Crippen LogP contribution in [0.3, 0.4) is 0 Å². The van der Waals surface area contributed by atoms with Crippen molar-refractivity contribution in [3.8, 4) is 0 Å². The van der Waals surface area contributed by atoms with Crippen molar-refractivity contribution in [2.75, 3.05) is 13.1 Å². The predicted octanol–water partition coefficient (Wildman–Crippen LogP) is 2.30. The lowest BCUT2D eigenvalue weighted by Crippen LogP contribution is -2.47. The number of amides is 2. The number of carboxylic acids is 1. The Morgan fingerprint density at radius 1 is 1.43 bits per heavy atom. The number of aromatic nitrogens is 1. The van der Waals surface area contributed by atoms with E-state index in [1.807, 2.05) is 19.2 Å². The third-order valence-corrected chi connectivity index (χ3v) is 4.33. The second kappa shape index (κ2) is 8.50. The van der Waals surface area contributed by atoms with Crippen molar-refractivity contribution >= 4 is 12.0 Å². The number of aliphatic carboxylic acids is 1. The molecule has 0 aliphatic carbocycles. The molecule has 1 aliphatic heterocycles. The van der Waals surface area contributed by atoms with E-state index in [0.29, 0.717) is 25.9 Å². The lowest BCUT2D eigenvalue weighted by atomic mass is 9.97. The molecule has 0 spiro atoms. The van der Waals surface area contributed by atoms with Crippen LogP contribution in [0.5, 0.6) is 0 Å². The summed E-state index contributed by atoms with van der Waals surface area (Å²) in [4.78, 5) is 28.9. The molecule has 23 heavy (non-hydrogen) atoms. The Labute approximate surface area is 136 Å². The highest BCUT2D eigenvalue weighted by molar-refractivity contribution is 5.75. The lowest BCUT2D eigenvalue weighted by Gasteiger charge is -2.31. The molecule has 126 valence electrons. The smallest absolute Gasteiger partial charge is 0.317 e. The number of aryl methyl sites for hydroxylation is 1. The SMILES string of the molecule is CC(CCCc1cccnc1)NC(=O)N1CCC(C(=O)O)CC1. The number of carboxylic acid groups (broad SMARTS) is 1. The largest absolute Gasteiger partial charge is 0.481 e. The summed E-state index contributed by atoms with van der Waals surface area (Å²) in [5.74, 6) is -1.07. The minimum absolute atomic E-state index is 0.0808. The Hall–Kier alpha value is -2.11. The van der Waals surface area contributed by atoms with Gasteiger partial charge in [-0.25, -0.2) is 4.79 Å². The van der Waals surface area contributed by atoms with E-state index in [1.165, 1.54) is 5.56 Å². The van der Waals surface area contributed by atoms with Crippen LogP contribution in [-0.4, -0.2) is 46.1 Å². The van der Waals surface area contributed by atoms with Crippen LogP contribution in [0.15, 0.2) is 24.5 Å². The van der Waals surface area contributed by atoms with Crippen LogP contribution >= 0.6 is 0 Å². The summed E-state index contributed by atoms with van der Waals surface area (Å²) in [7, 11) is 0. The molecule has 0 aromatic carbocycles. The van der Waals surface area contributed by atoms with Gasteiger partial charge in [-0.1, -0.05) is 6.07 Å². The van der Waals surface area contributed by atoms with Gasteiger partial charge >= 0.3 is 12.0 Å². The summed E-state index contributed by atoms with van der Waals surface area (Å²) < 4.78 is 0. The normalized spacial score (nSPS) is 16.8. The van der Waals surface area contributed by atoms with Gasteiger partial charge in [0.25, 0.3) is 0 Å². The van der Waals surface area contributed by atoms with E-state index >= 15 is 0 Å². The summed E-state index contributed by atoms with van der Waals surface area (Å²) in [5.41, 5.74) is 1.21. The standard InChI is InChI=1S/C17H25N3O3/c1-13(4-2-5-14-6-3-9-18-12-14)19-17(23)20-10-7-15(8-11-20)16(21)22/h3,6,9,12-13,15H,2,4-5,7-8,10-11H2,1H3,(H,19,23)(H,21,22). The van der Waals surface area contributed by atoms with Gasteiger partial charge in [0.1, 0.15) is 0 Å². The maximum absolute atomic E-state index is 12.2. The zero-order chi connectivity index (χ0) is 16.7. The Kier molecular flexibility index (Phi) is 6.38. The zero-order valence-corrected chi connectivity index (χ0v) is 13.6. The molecule has 1 fully saturated rings. The first-order chi connectivity index (χ1) is 11.1. The predicted molar refractivity (Wildman–Crippen MR) is 87.1 cm³/mol. The Bertz CT molecular complexity index is 513. The molecule has 6 nitrogen and oxygen atoms in total. The number of piperidine rings is 1. The topological polar surface area (TPSA) is 82.5 Å². The first-order valence-electron chi connectivity index (χ1n) is 8.23. The molecule has 2 amide bonds. The van der Waals surface area contributed by atoms with E-state index in [-0.39, 0.29) is 18.0 Å². The van der Waals surface area contributed by atoms with Gasteiger partial charge in [0.2, 0.25) is 0 Å². The van der Waals surface area contributed by atoms with Crippen molar-refractivity contribution < 1.29 is 14.7 Å². The van der Waals surface area contributed by atoms with Crippen LogP contribution in [0.4, 0.5) is 4.79 Å². The lowest BCUT2D eigenvalue weighted by molar-refractivity contribution is -0.143. The number of pyridine rings is 1. The summed E-state index contributed by atoms with van der Waals surface area (Å²) in [6.07, 6.45) is 7.57. The van der Waals surface area contributed by atoms with Gasteiger partial charge in [-0.3, -0.25) is 9.78 Å². The molecule has 0 radical (unpaired) electrons. The number of nitrogens with one attached hydrogen (secondary N) is 1. The van der Waals surface area contributed by atoms with Crippen molar-refractivity contribution in [1.29, 1.82) is 0 Å². The van der Waals surface area contributed by atoms with E-state index in [0.717, 1.165) is 19.3 Å². The third-order valence-electron chi connectivity index (χ3n) is 4.33. The maximum Gasteiger partial charge on any atom is 0.317 e. The average molecular weight is 319 g/mol. The van der Waals surface area contributed by atoms with Gasteiger partial charge < -0.3 is 15.3 Å². The molecule has 1 atom stereocenters. The molecular weight excluding hydrogens is 294 g/mol. The number of carbonyl (C=O) groups is 2. The number of carbonyl (C=O) groups excluding carboxylic acids is 1. The van der Waals surface area contributed by atoms with Crippen molar-refractivity contribution in [3.63, 3.8) is 0 Å². The fourth-order valence-corrected chi connectivity index (χ4v) is 2.86. The summed E-state index contributed by atoms with van der Waals surface area (Å²) in [6, 6.07) is 4.02. The molecule has 1 unspecified atom stereocenters. The van der Waals surface area contributed by atoms with E-state index < -0.39 is 5.97 Å². The number of hydrogen-bond donors (Lipinski definition) is 2. The molecular formula is C17H25N3O3. The highest BCUT2D eigenvalue weighted by Crippen LogP contribution is 2.17. The number of urea groups is 1. The van der Waals surface area contributed by atoms with E-state index in [1.54, 1.807) is 11.1 Å². The fraction of sp³-hybridized carbons (Fsp3) is 0.588. The fourth-order valence-electron chi connectivity index (χ4n) is 2.86. The zero-order valence-electron chi connectivity index (χ0n) is 13.6. The summed E-state index contributed by atoms with van der Waals surface area (Å²) >= 11 is 0. The number of rotatable bonds is 6. The van der Waals surface area contributed by atoms with Crippen molar-refractivity contribution in [1.82, 2.24) is 15.2 Å². The minimum Gasteiger partial charge on any atom is -0.481 e. The van der Waals surface area contributed by atoms with Crippen LogP contribution < -0.4 is 5.32 Å². The Morgan fingerprint density at radius 2 is 2.17 bits per heavy atom. The van der Waals surface area contributed by atoms with Crippen molar-refractivity contribution in [3.05, 3.63) is 30.1 Å². The van der Waals surface area contributed by atoms with Crippen LogP contribution in [0, 0.1) is 5.92 Å². The quantitative estimate of drug-likeness (QED) is 0.843. The second-order valence-corrected chi connectivity index (χ2v) is 6.20. The van der Waals surface area contributed by atoms with Crippen LogP contribution in [0.25, 0.3) is 0 Å². The number of likely N-dealkylation sites (tertiary alicyclic amines) is 1. The van der Waals surface area contributed by atoms with E-state index in [4.69, 9.17) is 5.11 Å². The van der Waals surface area contributed by atoms with Crippen molar-refractivity contribution in [2.24, 2.45) is 5.92 Å². The first kappa shape index (κ1) is 17.2.